The van der Waals surface area contributed by atoms with Gasteiger partial charge in [-0.3, -0.25) is 0 Å². The first-order valence-corrected chi connectivity index (χ1v) is 42.7. The van der Waals surface area contributed by atoms with Crippen molar-refractivity contribution in [3.8, 4) is 56.4 Å². The molecule has 0 aliphatic rings. The molecule has 0 bridgehead atoms. The average Bonchev–Trinajstić information content (AvgIpc) is 1.31. The molecule has 6 heterocycles. The Kier molecular flexibility index (Phi) is 15.4. The standard InChI is InChI=1S/2C42H26N2.C34H22N2/c1-2-11-32(12-3-1)43-23-22-31-25-40-37(26-39(31)43)35-14-4-5-15-38(35)44(40)33-13-7-10-30(24-33)34-20-18-29-17-16-27-8-6-9-28-19-21-36(34)42(29)41(27)28;1-2-9-32(10-3-1)43-24-23-31-25-40-37(26-39(31)43)35-11-4-5-12-38(35)44(40)33-19-15-27(16-20-33)34-21-17-30-14-13-28-7-6-8-29-18-22-36(34)42(30)41(28)29;1-2-10-28(11-3-1)35-17-16-26-21-34-31(22-33(26)35)30-12-6-7-13-32(30)36(34)29-15-14-25-18-23-8-4-5-9-24(23)19-27(25)20-29/h2*1-26H;1-22H. The van der Waals surface area contributed by atoms with Gasteiger partial charge in [0.1, 0.15) is 0 Å². The molecule has 0 atom stereocenters. The van der Waals surface area contributed by atoms with Crippen LogP contribution in [0.1, 0.15) is 0 Å². The van der Waals surface area contributed by atoms with Gasteiger partial charge in [-0.2, -0.15) is 0 Å². The molecule has 0 N–H and O–H groups in total. The highest BCUT2D eigenvalue weighted by Crippen LogP contribution is 2.46. The molecule has 0 saturated carbocycles. The molecule has 0 aliphatic heterocycles. The maximum Gasteiger partial charge on any atom is 0.0548 e. The summed E-state index contributed by atoms with van der Waals surface area (Å²) in [5, 5.41) is 32.2. The molecule has 0 radical (unpaired) electrons. The van der Waals surface area contributed by atoms with Gasteiger partial charge in [-0.1, -0.05) is 273 Å². The zero-order chi connectivity index (χ0) is 81.2. The van der Waals surface area contributed by atoms with Crippen LogP contribution in [0, 0.1) is 0 Å². The monoisotopic (exact) mass is 1570 g/mol. The Balaban J connectivity index is 0.000000100. The van der Waals surface area contributed by atoms with Crippen LogP contribution in [0.15, 0.2) is 449 Å². The first-order valence-electron chi connectivity index (χ1n) is 42.7. The first-order chi connectivity index (χ1) is 61.5. The number of para-hydroxylation sites is 6. The maximum atomic E-state index is 2.43. The zero-order valence-corrected chi connectivity index (χ0v) is 67.4. The van der Waals surface area contributed by atoms with Crippen molar-refractivity contribution >= 4 is 184 Å². The molecule has 28 aromatic rings. The van der Waals surface area contributed by atoms with E-state index >= 15 is 0 Å². The lowest BCUT2D eigenvalue weighted by Gasteiger charge is -2.15. The van der Waals surface area contributed by atoms with E-state index in [4.69, 9.17) is 0 Å². The number of nitrogens with zero attached hydrogens (tertiary/aromatic N) is 6. The fourth-order valence-electron chi connectivity index (χ4n) is 20.7. The Morgan fingerprint density at radius 1 is 0.129 bits per heavy atom. The highest BCUT2D eigenvalue weighted by atomic mass is 15.0. The highest BCUT2D eigenvalue weighted by Gasteiger charge is 2.23. The molecule has 576 valence electrons. The molecule has 0 unspecified atom stereocenters. The molecule has 0 spiro atoms. The molecule has 22 aromatic carbocycles. The molecule has 0 fully saturated rings. The van der Waals surface area contributed by atoms with Crippen molar-refractivity contribution in [3.05, 3.63) is 449 Å². The summed E-state index contributed by atoms with van der Waals surface area (Å²) in [6.07, 6.45) is 6.53. The topological polar surface area (TPSA) is 29.6 Å². The molecular weight excluding hydrogens is 1500 g/mol. The van der Waals surface area contributed by atoms with Gasteiger partial charge >= 0.3 is 0 Å². The van der Waals surface area contributed by atoms with Crippen LogP contribution in [0.5, 0.6) is 0 Å². The first kappa shape index (κ1) is 69.4. The second kappa shape index (κ2) is 27.5. The van der Waals surface area contributed by atoms with Gasteiger partial charge in [0, 0.05) is 101 Å². The molecular formula is C118H74N6. The van der Waals surface area contributed by atoms with Crippen molar-refractivity contribution in [1.29, 1.82) is 0 Å². The number of aromatic nitrogens is 6. The van der Waals surface area contributed by atoms with Gasteiger partial charge in [0.15, 0.2) is 0 Å². The normalized spacial score (nSPS) is 12.0. The third-order valence-electron chi connectivity index (χ3n) is 26.4. The average molecular weight is 1580 g/mol. The summed E-state index contributed by atoms with van der Waals surface area (Å²) in [5.74, 6) is 0. The minimum Gasteiger partial charge on any atom is -0.317 e. The predicted octanol–water partition coefficient (Wildman–Crippen LogP) is 31.6. The third-order valence-corrected chi connectivity index (χ3v) is 26.4. The van der Waals surface area contributed by atoms with Crippen LogP contribution in [0.4, 0.5) is 0 Å². The second-order valence-corrected chi connectivity index (χ2v) is 33.2. The van der Waals surface area contributed by atoms with Crippen molar-refractivity contribution < 1.29 is 0 Å². The Labute approximate surface area is 712 Å². The summed E-state index contributed by atoms with van der Waals surface area (Å²) in [6.45, 7) is 0. The van der Waals surface area contributed by atoms with Gasteiger partial charge < -0.3 is 27.4 Å². The van der Waals surface area contributed by atoms with Crippen molar-refractivity contribution in [2.75, 3.05) is 0 Å². The predicted molar refractivity (Wildman–Crippen MR) is 526 cm³/mol. The SMILES string of the molecule is c1ccc(-n2ccc3cc4c(cc32)c2ccccc2n4-c2ccc(-c3ccc4ccc5cccc6ccc3c4c56)cc2)cc1.c1ccc(-n2ccc3cc4c(cc32)c2ccccc2n4-c2ccc3cc4ccccc4cc3c2)cc1.c1ccc(-n2ccc3cc4c(cc32)c2ccccc2n4-c2cccc(-c3ccc4ccc5cccc6ccc3c4c56)c2)cc1. The van der Waals surface area contributed by atoms with Crippen molar-refractivity contribution in [1.82, 2.24) is 27.4 Å². The number of benzene rings is 22. The molecule has 6 heteroatoms. The van der Waals surface area contributed by atoms with E-state index in [0.717, 1.165) is 0 Å². The van der Waals surface area contributed by atoms with E-state index in [2.05, 4.69) is 477 Å². The van der Waals surface area contributed by atoms with Crippen LogP contribution in [-0.2, 0) is 0 Å². The smallest absolute Gasteiger partial charge is 0.0548 e. The molecule has 28 rings (SSSR count). The second-order valence-electron chi connectivity index (χ2n) is 33.2. The van der Waals surface area contributed by atoms with Crippen LogP contribution >= 0.6 is 0 Å². The molecule has 6 aromatic heterocycles. The quantitative estimate of drug-likeness (QED) is 0.107. The van der Waals surface area contributed by atoms with Crippen LogP contribution < -0.4 is 0 Å². The highest BCUT2D eigenvalue weighted by molar-refractivity contribution is 6.27. The van der Waals surface area contributed by atoms with Gasteiger partial charge in [0.05, 0.1) is 49.7 Å². The van der Waals surface area contributed by atoms with Crippen molar-refractivity contribution in [3.63, 3.8) is 0 Å². The Hall–Kier alpha value is -16.5. The zero-order valence-electron chi connectivity index (χ0n) is 67.4. The molecule has 6 nitrogen and oxygen atoms in total. The van der Waals surface area contributed by atoms with Crippen LogP contribution in [-0.4, -0.2) is 27.4 Å². The van der Waals surface area contributed by atoms with Gasteiger partial charge in [-0.15, -0.1) is 0 Å². The van der Waals surface area contributed by atoms with E-state index in [1.54, 1.807) is 0 Å². The molecule has 124 heavy (non-hydrogen) atoms. The van der Waals surface area contributed by atoms with Gasteiger partial charge in [0.2, 0.25) is 0 Å². The lowest BCUT2D eigenvalue weighted by atomic mass is 9.90. The lowest BCUT2D eigenvalue weighted by Crippen LogP contribution is -1.95. The van der Waals surface area contributed by atoms with E-state index in [1.807, 2.05) is 0 Å². The van der Waals surface area contributed by atoms with Crippen LogP contribution in [0.2, 0.25) is 0 Å². The van der Waals surface area contributed by atoms with Crippen molar-refractivity contribution in [2.24, 2.45) is 0 Å². The number of rotatable bonds is 8. The Bertz CT molecular complexity index is 9140. The number of hydrogen-bond acceptors (Lipinski definition) is 0. The Morgan fingerprint density at radius 3 is 0.903 bits per heavy atom. The fourth-order valence-corrected chi connectivity index (χ4v) is 20.7. The molecule has 0 amide bonds. The van der Waals surface area contributed by atoms with E-state index < -0.39 is 0 Å². The van der Waals surface area contributed by atoms with Gasteiger partial charge in [-0.05, 0) is 266 Å². The maximum absolute atomic E-state index is 2.43. The minimum atomic E-state index is 1.17. The van der Waals surface area contributed by atoms with Crippen molar-refractivity contribution in [2.45, 2.75) is 0 Å². The van der Waals surface area contributed by atoms with E-state index in [0.29, 0.717) is 0 Å². The summed E-state index contributed by atoms with van der Waals surface area (Å²) in [4.78, 5) is 0. The lowest BCUT2D eigenvalue weighted by molar-refractivity contribution is 1.13. The molecule has 0 aliphatic carbocycles. The summed E-state index contributed by atoms with van der Waals surface area (Å²) in [7, 11) is 0. The number of fused-ring (bicyclic) bond motifs is 14. The fraction of sp³-hybridized carbons (Fsp3) is 0. The summed E-state index contributed by atoms with van der Waals surface area (Å²) < 4.78 is 14.1. The summed E-state index contributed by atoms with van der Waals surface area (Å²) in [5.41, 5.74) is 23.0. The Morgan fingerprint density at radius 2 is 0.452 bits per heavy atom. The minimum absolute atomic E-state index is 1.17. The van der Waals surface area contributed by atoms with Crippen LogP contribution in [0.3, 0.4) is 0 Å². The summed E-state index contributed by atoms with van der Waals surface area (Å²) >= 11 is 0. The van der Waals surface area contributed by atoms with Gasteiger partial charge in [-0.25, -0.2) is 0 Å². The van der Waals surface area contributed by atoms with E-state index in [9.17, 15) is 0 Å². The largest absolute Gasteiger partial charge is 0.317 e. The van der Waals surface area contributed by atoms with Crippen LogP contribution in [0.25, 0.3) is 241 Å². The third kappa shape index (κ3) is 10.9. The van der Waals surface area contributed by atoms with E-state index in [1.165, 1.54) is 241 Å². The van der Waals surface area contributed by atoms with Gasteiger partial charge in [0.25, 0.3) is 0 Å². The molecule has 0 saturated heterocycles. The summed E-state index contributed by atoms with van der Waals surface area (Å²) in [6, 6.07) is 157. The number of hydrogen-bond donors (Lipinski definition) is 0. The van der Waals surface area contributed by atoms with E-state index in [-0.39, 0.29) is 0 Å².